The number of guanidine groups is 1. The van der Waals surface area contributed by atoms with Gasteiger partial charge in [-0.3, -0.25) is 9.89 Å². The van der Waals surface area contributed by atoms with E-state index in [1.165, 1.54) is 29.1 Å². The molecule has 2 heterocycles. The molecule has 172 valence electrons. The van der Waals surface area contributed by atoms with Crippen molar-refractivity contribution >= 4 is 47.0 Å². The molecule has 0 unspecified atom stereocenters. The quantitative estimate of drug-likeness (QED) is 0.213. The van der Waals surface area contributed by atoms with Crippen molar-refractivity contribution in [3.8, 4) is 0 Å². The van der Waals surface area contributed by atoms with Crippen LogP contribution in [0.25, 0.3) is 0 Å². The molecule has 0 atom stereocenters. The van der Waals surface area contributed by atoms with Gasteiger partial charge in [0.05, 0.1) is 6.54 Å². The molecule has 0 aliphatic carbocycles. The predicted molar refractivity (Wildman–Crippen MR) is 144 cm³/mol. The molecule has 0 spiro atoms. The second-order valence-corrected chi connectivity index (χ2v) is 9.00. The van der Waals surface area contributed by atoms with Crippen molar-refractivity contribution in [3.63, 3.8) is 0 Å². The van der Waals surface area contributed by atoms with Gasteiger partial charge in [-0.05, 0) is 50.4 Å². The minimum absolute atomic E-state index is 0. The van der Waals surface area contributed by atoms with Gasteiger partial charge < -0.3 is 15.5 Å². The van der Waals surface area contributed by atoms with Crippen LogP contribution in [0.4, 0.5) is 5.69 Å². The van der Waals surface area contributed by atoms with Gasteiger partial charge in [0.25, 0.3) is 0 Å². The van der Waals surface area contributed by atoms with Gasteiger partial charge >= 0.3 is 0 Å². The zero-order valence-electron chi connectivity index (χ0n) is 19.1. The summed E-state index contributed by atoms with van der Waals surface area (Å²) < 4.78 is 0. The molecule has 1 aliphatic rings. The van der Waals surface area contributed by atoms with Crippen molar-refractivity contribution in [2.24, 2.45) is 4.99 Å². The lowest BCUT2D eigenvalue weighted by molar-refractivity contribution is 0.253. The van der Waals surface area contributed by atoms with Crippen molar-refractivity contribution in [3.05, 3.63) is 45.9 Å². The van der Waals surface area contributed by atoms with E-state index in [1.807, 2.05) is 13.2 Å². The maximum atomic E-state index is 4.45. The number of aryl methyl sites for hydroxylation is 2. The van der Waals surface area contributed by atoms with Gasteiger partial charge in [0, 0.05) is 56.5 Å². The Labute approximate surface area is 208 Å². The summed E-state index contributed by atoms with van der Waals surface area (Å²) >= 11 is 1.77. The lowest BCUT2D eigenvalue weighted by Gasteiger charge is -2.36. The Balaban J connectivity index is 0.00000341. The summed E-state index contributed by atoms with van der Waals surface area (Å²) in [6.07, 6.45) is 5.38. The number of hydrogen-bond donors (Lipinski definition) is 2. The number of benzene rings is 1. The first-order valence-corrected chi connectivity index (χ1v) is 11.9. The van der Waals surface area contributed by atoms with Crippen LogP contribution in [0.5, 0.6) is 0 Å². The van der Waals surface area contributed by atoms with E-state index in [-0.39, 0.29) is 24.0 Å². The lowest BCUT2D eigenvalue weighted by Crippen LogP contribution is -2.46. The Bertz CT molecular complexity index is 801. The Morgan fingerprint density at radius 1 is 1.16 bits per heavy atom. The highest BCUT2D eigenvalue weighted by Crippen LogP contribution is 2.18. The number of nitrogens with one attached hydrogen (secondary N) is 2. The zero-order valence-corrected chi connectivity index (χ0v) is 22.2. The number of thiazole rings is 1. The predicted octanol–water partition coefficient (Wildman–Crippen LogP) is 3.90. The lowest BCUT2D eigenvalue weighted by atomic mass is 10.2. The molecular weight excluding hydrogens is 519 g/mol. The first kappa shape index (κ1) is 25.9. The molecule has 1 saturated heterocycles. The van der Waals surface area contributed by atoms with Crippen molar-refractivity contribution < 1.29 is 0 Å². The van der Waals surface area contributed by atoms with E-state index >= 15 is 0 Å². The molecule has 8 heteroatoms. The van der Waals surface area contributed by atoms with Crippen molar-refractivity contribution in [2.75, 3.05) is 51.2 Å². The molecule has 1 aromatic carbocycles. The van der Waals surface area contributed by atoms with Crippen molar-refractivity contribution in [2.45, 2.75) is 39.7 Å². The van der Waals surface area contributed by atoms with E-state index in [1.54, 1.807) is 11.3 Å². The number of nitrogens with zero attached hydrogens (tertiary/aromatic N) is 4. The minimum atomic E-state index is 0. The van der Waals surface area contributed by atoms with E-state index in [9.17, 15) is 0 Å². The first-order valence-electron chi connectivity index (χ1n) is 11.1. The minimum Gasteiger partial charge on any atom is -0.369 e. The van der Waals surface area contributed by atoms with E-state index in [4.69, 9.17) is 0 Å². The number of aromatic nitrogens is 1. The molecular formula is C23H37IN6S. The van der Waals surface area contributed by atoms with Crippen LogP contribution >= 0.6 is 35.3 Å². The second kappa shape index (κ2) is 13.9. The molecule has 0 saturated carbocycles. The summed E-state index contributed by atoms with van der Waals surface area (Å²) in [7, 11) is 1.82. The summed E-state index contributed by atoms with van der Waals surface area (Å²) in [5, 5.41) is 7.89. The summed E-state index contributed by atoms with van der Waals surface area (Å²) in [5.41, 5.74) is 2.70. The zero-order chi connectivity index (χ0) is 21.2. The normalized spacial score (nSPS) is 14.9. The fourth-order valence-electron chi connectivity index (χ4n) is 3.69. The monoisotopic (exact) mass is 556 g/mol. The van der Waals surface area contributed by atoms with Crippen LogP contribution in [0.1, 0.15) is 35.2 Å². The molecule has 1 aromatic heterocycles. The van der Waals surface area contributed by atoms with Crippen LogP contribution in [-0.2, 0) is 13.0 Å². The maximum absolute atomic E-state index is 4.45. The van der Waals surface area contributed by atoms with Gasteiger partial charge in [0.1, 0.15) is 5.01 Å². The average molecular weight is 557 g/mol. The largest absolute Gasteiger partial charge is 0.369 e. The number of hydrogen-bond acceptors (Lipinski definition) is 5. The Morgan fingerprint density at radius 2 is 1.97 bits per heavy atom. The smallest absolute Gasteiger partial charge is 0.191 e. The standard InChI is InChI=1S/C23H36N6S.HI/c1-4-21-17-26-22(30-21)18-27-23(24-3)25-10-5-6-11-28-12-14-29(15-13-28)20-9-7-8-19(2)16-20;/h7-9,16-17H,4-6,10-15,18H2,1-3H3,(H2,24,25,27);1H. The van der Waals surface area contributed by atoms with E-state index < -0.39 is 0 Å². The van der Waals surface area contributed by atoms with E-state index in [2.05, 4.69) is 68.5 Å². The van der Waals surface area contributed by atoms with Gasteiger partial charge in [-0.15, -0.1) is 35.3 Å². The number of rotatable bonds is 9. The Morgan fingerprint density at radius 3 is 2.65 bits per heavy atom. The molecule has 0 bridgehead atoms. The van der Waals surface area contributed by atoms with Crippen LogP contribution in [0.3, 0.4) is 0 Å². The fraction of sp³-hybridized carbons (Fsp3) is 0.565. The number of piperazine rings is 1. The van der Waals surface area contributed by atoms with Crippen LogP contribution < -0.4 is 15.5 Å². The summed E-state index contributed by atoms with van der Waals surface area (Å²) in [5.74, 6) is 0.856. The number of unbranched alkanes of at least 4 members (excludes halogenated alkanes) is 1. The third kappa shape index (κ3) is 8.57. The number of anilines is 1. The van der Waals surface area contributed by atoms with Crippen LogP contribution in [0.2, 0.25) is 0 Å². The molecule has 2 N–H and O–H groups in total. The van der Waals surface area contributed by atoms with Crippen molar-refractivity contribution in [1.82, 2.24) is 20.5 Å². The average Bonchev–Trinajstić information content (AvgIpc) is 3.24. The van der Waals surface area contributed by atoms with Crippen LogP contribution in [0, 0.1) is 6.92 Å². The Kier molecular flexibility index (Phi) is 11.6. The fourth-order valence-corrected chi connectivity index (χ4v) is 4.50. The molecule has 0 amide bonds. The topological polar surface area (TPSA) is 55.8 Å². The summed E-state index contributed by atoms with van der Waals surface area (Å²) in [6.45, 7) is 11.7. The molecule has 31 heavy (non-hydrogen) atoms. The third-order valence-corrected chi connectivity index (χ3v) is 6.65. The molecule has 2 aromatic rings. The molecule has 0 radical (unpaired) electrons. The highest BCUT2D eigenvalue weighted by molar-refractivity contribution is 14.0. The highest BCUT2D eigenvalue weighted by atomic mass is 127. The van der Waals surface area contributed by atoms with Gasteiger partial charge in [0.15, 0.2) is 5.96 Å². The first-order chi connectivity index (χ1) is 14.7. The maximum Gasteiger partial charge on any atom is 0.191 e. The van der Waals surface area contributed by atoms with Gasteiger partial charge in [0.2, 0.25) is 0 Å². The summed E-state index contributed by atoms with van der Waals surface area (Å²) in [6, 6.07) is 8.84. The molecule has 6 nitrogen and oxygen atoms in total. The van der Waals surface area contributed by atoms with Crippen molar-refractivity contribution in [1.29, 1.82) is 0 Å². The van der Waals surface area contributed by atoms with Crippen LogP contribution in [0.15, 0.2) is 35.5 Å². The number of halogens is 1. The number of aliphatic imine (C=N–C) groups is 1. The highest BCUT2D eigenvalue weighted by Gasteiger charge is 2.16. The second-order valence-electron chi connectivity index (χ2n) is 7.80. The van der Waals surface area contributed by atoms with Gasteiger partial charge in [-0.1, -0.05) is 19.1 Å². The Hall–Kier alpha value is -1.39. The van der Waals surface area contributed by atoms with Gasteiger partial charge in [-0.2, -0.15) is 0 Å². The third-order valence-electron chi connectivity index (χ3n) is 5.51. The van der Waals surface area contributed by atoms with E-state index in [0.29, 0.717) is 0 Å². The summed E-state index contributed by atoms with van der Waals surface area (Å²) in [4.78, 5) is 15.2. The molecule has 1 fully saturated rings. The SMILES string of the molecule is CCc1cnc(CNC(=NC)NCCCCN2CCN(c3cccc(C)c3)CC2)s1.I. The van der Waals surface area contributed by atoms with Gasteiger partial charge in [-0.25, -0.2) is 4.98 Å². The van der Waals surface area contributed by atoms with E-state index in [0.717, 1.165) is 63.1 Å². The molecule has 3 rings (SSSR count). The molecule has 1 aliphatic heterocycles. The van der Waals surface area contributed by atoms with Crippen LogP contribution in [-0.4, -0.2) is 62.2 Å².